The van der Waals surface area contributed by atoms with E-state index < -0.39 is 17.2 Å². The Morgan fingerprint density at radius 2 is 2.22 bits per heavy atom. The summed E-state index contributed by atoms with van der Waals surface area (Å²) in [5, 5.41) is 0.113. The number of nitrogens with zero attached hydrogens (tertiary/aromatic N) is 1. The second-order valence-corrected chi connectivity index (χ2v) is 5.40. The third-order valence-corrected chi connectivity index (χ3v) is 3.77. The molecule has 1 aliphatic rings. The molecule has 0 radical (unpaired) electrons. The molecule has 1 heterocycles. The van der Waals surface area contributed by atoms with Crippen molar-refractivity contribution in [3.8, 4) is 5.75 Å². The number of esters is 1. The van der Waals surface area contributed by atoms with Crippen LogP contribution in [0.15, 0.2) is 35.8 Å². The van der Waals surface area contributed by atoms with Crippen LogP contribution in [0.3, 0.4) is 0 Å². The fraction of sp³-hybridized carbons (Fsp3) is 0.294. The first kappa shape index (κ1) is 15.3. The molecule has 120 valence electrons. The Hall–Kier alpha value is -2.63. The first-order valence-electron chi connectivity index (χ1n) is 7.27. The highest BCUT2D eigenvalue weighted by Gasteiger charge is 2.28. The maximum atomic E-state index is 13.8. The van der Waals surface area contributed by atoms with Crippen molar-refractivity contribution in [2.45, 2.75) is 18.9 Å². The minimum atomic E-state index is -0.741. The van der Waals surface area contributed by atoms with E-state index in [0.29, 0.717) is 5.52 Å². The van der Waals surface area contributed by atoms with Crippen LogP contribution in [-0.4, -0.2) is 24.3 Å². The fourth-order valence-electron chi connectivity index (χ4n) is 2.58. The summed E-state index contributed by atoms with van der Waals surface area (Å²) in [6, 6.07) is 2.53. The van der Waals surface area contributed by atoms with Crippen LogP contribution in [0.25, 0.3) is 10.9 Å². The molecule has 5 nitrogen and oxygen atoms in total. The smallest absolute Gasteiger partial charge is 0.343 e. The van der Waals surface area contributed by atoms with Gasteiger partial charge in [0.1, 0.15) is 23.7 Å². The molecule has 0 saturated heterocycles. The van der Waals surface area contributed by atoms with E-state index in [1.165, 1.54) is 25.4 Å². The largest absolute Gasteiger partial charge is 0.494 e. The summed E-state index contributed by atoms with van der Waals surface area (Å²) in [5.74, 6) is -1.06. The second kappa shape index (κ2) is 5.87. The van der Waals surface area contributed by atoms with Gasteiger partial charge in [-0.3, -0.25) is 4.79 Å². The van der Waals surface area contributed by atoms with E-state index in [4.69, 9.17) is 9.47 Å². The number of carbonyl (C=O) groups excluding carboxylic acids is 1. The van der Waals surface area contributed by atoms with Crippen molar-refractivity contribution in [2.24, 2.45) is 0 Å². The Balaban J connectivity index is 2.28. The number of halogens is 1. The SMILES string of the molecule is C=CCOC(=O)c1cn(C2CC2)c2c(OC)cc(F)cc2c1=O. The van der Waals surface area contributed by atoms with Gasteiger partial charge in [0.15, 0.2) is 0 Å². The van der Waals surface area contributed by atoms with Crippen molar-refractivity contribution in [3.63, 3.8) is 0 Å². The Kier molecular flexibility index (Phi) is 3.90. The summed E-state index contributed by atoms with van der Waals surface area (Å²) in [6.45, 7) is 3.47. The zero-order chi connectivity index (χ0) is 16.6. The lowest BCUT2D eigenvalue weighted by atomic mass is 10.1. The van der Waals surface area contributed by atoms with Crippen LogP contribution < -0.4 is 10.2 Å². The molecule has 0 unspecified atom stereocenters. The third-order valence-electron chi connectivity index (χ3n) is 3.77. The van der Waals surface area contributed by atoms with Crippen LogP contribution >= 0.6 is 0 Å². The van der Waals surface area contributed by atoms with Gasteiger partial charge in [-0.1, -0.05) is 12.7 Å². The summed E-state index contributed by atoms with van der Waals surface area (Å²) in [5.41, 5.74) is -0.177. The zero-order valence-electron chi connectivity index (χ0n) is 12.7. The third kappa shape index (κ3) is 2.72. The van der Waals surface area contributed by atoms with Crippen LogP contribution in [0.4, 0.5) is 4.39 Å². The van der Waals surface area contributed by atoms with Crippen molar-refractivity contribution in [1.82, 2.24) is 4.57 Å². The Bertz CT molecular complexity index is 852. The quantitative estimate of drug-likeness (QED) is 0.628. The number of aromatic nitrogens is 1. The monoisotopic (exact) mass is 317 g/mol. The number of fused-ring (bicyclic) bond motifs is 1. The lowest BCUT2D eigenvalue weighted by Crippen LogP contribution is -2.21. The van der Waals surface area contributed by atoms with E-state index in [0.717, 1.165) is 18.9 Å². The number of rotatable bonds is 5. The lowest BCUT2D eigenvalue weighted by Gasteiger charge is -2.15. The zero-order valence-corrected chi connectivity index (χ0v) is 12.7. The van der Waals surface area contributed by atoms with E-state index >= 15 is 0 Å². The summed E-state index contributed by atoms with van der Waals surface area (Å²) < 4.78 is 25.8. The van der Waals surface area contributed by atoms with E-state index in [-0.39, 0.29) is 29.3 Å². The molecule has 0 spiro atoms. The minimum absolute atomic E-state index is 0.00616. The standard InChI is InChI=1S/C17H16FNO4/c1-3-6-23-17(21)13-9-19(11-4-5-11)15-12(16(13)20)7-10(18)8-14(15)22-2/h3,7-9,11H,1,4-6H2,2H3. The molecule has 0 bridgehead atoms. The summed E-state index contributed by atoms with van der Waals surface area (Å²) in [6.07, 6.45) is 4.76. The molecule has 6 heteroatoms. The van der Waals surface area contributed by atoms with Gasteiger partial charge >= 0.3 is 5.97 Å². The van der Waals surface area contributed by atoms with Crippen molar-refractivity contribution in [1.29, 1.82) is 0 Å². The van der Waals surface area contributed by atoms with Crippen LogP contribution in [0, 0.1) is 5.82 Å². The highest BCUT2D eigenvalue weighted by molar-refractivity contribution is 5.95. The first-order valence-corrected chi connectivity index (χ1v) is 7.27. The Labute approximate surface area is 131 Å². The molecule has 0 amide bonds. The van der Waals surface area contributed by atoms with Gasteiger partial charge in [-0.25, -0.2) is 9.18 Å². The summed E-state index contributed by atoms with van der Waals surface area (Å²) in [4.78, 5) is 24.7. The normalized spacial score (nSPS) is 13.8. The minimum Gasteiger partial charge on any atom is -0.494 e. The van der Waals surface area contributed by atoms with Crippen molar-refractivity contribution < 1.29 is 18.7 Å². The van der Waals surface area contributed by atoms with E-state index in [9.17, 15) is 14.0 Å². The van der Waals surface area contributed by atoms with Crippen LogP contribution in [0.1, 0.15) is 29.2 Å². The molecule has 1 aliphatic carbocycles. The number of hydrogen-bond donors (Lipinski definition) is 0. The van der Waals surface area contributed by atoms with Crippen molar-refractivity contribution >= 4 is 16.9 Å². The molecule has 0 N–H and O–H groups in total. The Morgan fingerprint density at radius 3 is 2.83 bits per heavy atom. The molecule has 0 aliphatic heterocycles. The van der Waals surface area contributed by atoms with Gasteiger partial charge in [0.05, 0.1) is 18.0 Å². The molecule has 1 fully saturated rings. The van der Waals surface area contributed by atoms with Gasteiger partial charge in [-0.2, -0.15) is 0 Å². The second-order valence-electron chi connectivity index (χ2n) is 5.40. The predicted octanol–water partition coefficient (Wildman–Crippen LogP) is 2.83. The number of methoxy groups -OCH3 is 1. The average molecular weight is 317 g/mol. The van der Waals surface area contributed by atoms with Crippen molar-refractivity contribution in [2.75, 3.05) is 13.7 Å². The van der Waals surface area contributed by atoms with Gasteiger partial charge in [-0.15, -0.1) is 0 Å². The summed E-state index contributed by atoms with van der Waals surface area (Å²) >= 11 is 0. The number of pyridine rings is 1. The molecule has 1 aromatic carbocycles. The van der Waals surface area contributed by atoms with Gasteiger partial charge < -0.3 is 14.0 Å². The maximum absolute atomic E-state index is 13.8. The number of carbonyl (C=O) groups is 1. The molecule has 0 atom stereocenters. The van der Waals surface area contributed by atoms with Crippen LogP contribution in [0.2, 0.25) is 0 Å². The molecule has 1 aromatic heterocycles. The van der Waals surface area contributed by atoms with Gasteiger partial charge in [0.2, 0.25) is 5.43 Å². The van der Waals surface area contributed by atoms with E-state index in [1.54, 1.807) is 4.57 Å². The van der Waals surface area contributed by atoms with Gasteiger partial charge in [-0.05, 0) is 18.9 Å². The predicted molar refractivity (Wildman–Crippen MR) is 83.5 cm³/mol. The molecule has 1 saturated carbocycles. The topological polar surface area (TPSA) is 57.5 Å². The highest BCUT2D eigenvalue weighted by Crippen LogP contribution is 2.39. The van der Waals surface area contributed by atoms with Crippen molar-refractivity contribution in [3.05, 3.63) is 52.6 Å². The van der Waals surface area contributed by atoms with Gasteiger partial charge in [0.25, 0.3) is 0 Å². The number of benzene rings is 1. The van der Waals surface area contributed by atoms with Crippen LogP contribution in [-0.2, 0) is 4.74 Å². The summed E-state index contributed by atoms with van der Waals surface area (Å²) in [7, 11) is 1.42. The number of hydrogen-bond acceptors (Lipinski definition) is 4. The fourth-order valence-corrected chi connectivity index (χ4v) is 2.58. The molecule has 23 heavy (non-hydrogen) atoms. The Morgan fingerprint density at radius 1 is 1.48 bits per heavy atom. The first-order chi connectivity index (χ1) is 11.1. The maximum Gasteiger partial charge on any atom is 0.343 e. The molecule has 3 rings (SSSR count). The molecule has 2 aromatic rings. The molecular weight excluding hydrogens is 301 g/mol. The lowest BCUT2D eigenvalue weighted by molar-refractivity contribution is 0.0547. The highest BCUT2D eigenvalue weighted by atomic mass is 19.1. The van der Waals surface area contributed by atoms with E-state index in [2.05, 4.69) is 6.58 Å². The van der Waals surface area contributed by atoms with E-state index in [1.807, 2.05) is 0 Å². The van der Waals surface area contributed by atoms with Crippen LogP contribution in [0.5, 0.6) is 5.75 Å². The average Bonchev–Trinajstić information content (AvgIpc) is 3.37. The van der Waals surface area contributed by atoms with Gasteiger partial charge in [0, 0.05) is 18.3 Å². The number of ether oxygens (including phenoxy) is 2. The molecular formula is C17H16FNO4.